The average Bonchev–Trinajstić information content (AvgIpc) is 2.49. The Kier molecular flexibility index (Phi) is 29.6. The fourth-order valence-corrected chi connectivity index (χ4v) is 2.65. The number of unbranched alkanes of at least 4 members (excludes halogenated alkanes) is 14. The van der Waals surface area contributed by atoms with Crippen molar-refractivity contribution in [1.29, 1.82) is 0 Å². The number of hydrogen-bond acceptors (Lipinski definition) is 2. The normalized spacial score (nSPS) is 10.6. The first-order chi connectivity index (χ1) is 11.8. The Morgan fingerprint density at radius 1 is 0.692 bits per heavy atom. The Bertz CT molecular complexity index is 338. The fraction of sp³-hybridized carbons (Fsp3) is 0.944. The SMILES string of the molecule is CCCCCCCCCCCCCCCCCC(=O)O.O=P(O)(O)O.[Ba+2].[H-].[H-]. The summed E-state index contributed by atoms with van der Waals surface area (Å²) in [5.74, 6) is -0.653. The molecule has 0 aromatic carbocycles. The molecule has 0 amide bonds. The van der Waals surface area contributed by atoms with Crippen LogP contribution in [0.5, 0.6) is 0 Å². The van der Waals surface area contributed by atoms with Crippen molar-refractivity contribution in [1.82, 2.24) is 0 Å². The van der Waals surface area contributed by atoms with Gasteiger partial charge in [0.2, 0.25) is 0 Å². The quantitative estimate of drug-likeness (QED) is 0.125. The van der Waals surface area contributed by atoms with E-state index in [-0.39, 0.29) is 51.7 Å². The molecule has 0 saturated heterocycles. The van der Waals surface area contributed by atoms with Gasteiger partial charge in [-0.25, -0.2) is 4.57 Å². The summed E-state index contributed by atoms with van der Waals surface area (Å²) in [4.78, 5) is 31.9. The zero-order valence-corrected chi connectivity index (χ0v) is 21.9. The molecule has 8 heteroatoms. The molecule has 0 radical (unpaired) electrons. The molecule has 0 fully saturated rings. The number of phosphoric acid groups is 1. The molecule has 0 unspecified atom stereocenters. The molecule has 0 rings (SSSR count). The summed E-state index contributed by atoms with van der Waals surface area (Å²) in [6.07, 6.45) is 20.2. The third-order valence-electron chi connectivity index (χ3n) is 3.99. The summed E-state index contributed by atoms with van der Waals surface area (Å²) >= 11 is 0. The number of carbonyl (C=O) groups is 1. The summed E-state index contributed by atoms with van der Waals surface area (Å²) in [7, 11) is -4.64. The van der Waals surface area contributed by atoms with Crippen LogP contribution in [-0.4, -0.2) is 74.6 Å². The van der Waals surface area contributed by atoms with Crippen molar-refractivity contribution >= 4 is 62.7 Å². The van der Waals surface area contributed by atoms with E-state index in [1.807, 2.05) is 0 Å². The van der Waals surface area contributed by atoms with Gasteiger partial charge in [0, 0.05) is 6.42 Å². The van der Waals surface area contributed by atoms with Gasteiger partial charge in [-0.1, -0.05) is 96.8 Å². The van der Waals surface area contributed by atoms with Crippen molar-refractivity contribution in [3.63, 3.8) is 0 Å². The Morgan fingerprint density at radius 3 is 1.15 bits per heavy atom. The maximum atomic E-state index is 10.3. The summed E-state index contributed by atoms with van der Waals surface area (Å²) < 4.78 is 8.88. The Morgan fingerprint density at radius 2 is 0.923 bits per heavy atom. The maximum Gasteiger partial charge on any atom is 2.00 e. The molecule has 0 aliphatic heterocycles. The number of aliphatic carboxylic acids is 1. The molecule has 0 aromatic heterocycles. The van der Waals surface area contributed by atoms with Crippen molar-refractivity contribution in [3.05, 3.63) is 0 Å². The Labute approximate surface area is 202 Å². The average molecular weight is 522 g/mol. The first-order valence-corrected chi connectivity index (χ1v) is 11.3. The molecule has 0 aromatic rings. The van der Waals surface area contributed by atoms with Gasteiger partial charge in [0.25, 0.3) is 0 Å². The predicted octanol–water partition coefficient (Wildman–Crippen LogP) is 5.25. The summed E-state index contributed by atoms with van der Waals surface area (Å²) in [6.45, 7) is 2.27. The predicted molar refractivity (Wildman–Crippen MR) is 109 cm³/mol. The number of hydrogen-bond donors (Lipinski definition) is 4. The van der Waals surface area contributed by atoms with Gasteiger partial charge in [0.05, 0.1) is 0 Å². The van der Waals surface area contributed by atoms with E-state index in [9.17, 15) is 4.79 Å². The van der Waals surface area contributed by atoms with Crippen LogP contribution in [0.15, 0.2) is 0 Å². The molecular formula is C18H41BaO6P. The second kappa shape index (κ2) is 24.2. The second-order valence-corrected chi connectivity index (χ2v) is 7.63. The Balaban J connectivity index is -0.000000195. The first kappa shape index (κ1) is 31.8. The van der Waals surface area contributed by atoms with Gasteiger partial charge in [0.15, 0.2) is 0 Å². The smallest absolute Gasteiger partial charge is 1.00 e. The molecule has 0 heterocycles. The van der Waals surface area contributed by atoms with Gasteiger partial charge in [-0.05, 0) is 6.42 Å². The Hall–Kier alpha value is 1.15. The van der Waals surface area contributed by atoms with Crippen LogP contribution in [0.2, 0.25) is 0 Å². The van der Waals surface area contributed by atoms with Gasteiger partial charge < -0.3 is 22.6 Å². The van der Waals surface area contributed by atoms with Crippen LogP contribution < -0.4 is 0 Å². The maximum absolute atomic E-state index is 10.3. The largest absolute Gasteiger partial charge is 2.00 e. The van der Waals surface area contributed by atoms with E-state index >= 15 is 0 Å². The van der Waals surface area contributed by atoms with Crippen LogP contribution in [-0.2, 0) is 9.36 Å². The van der Waals surface area contributed by atoms with Crippen LogP contribution in [0.25, 0.3) is 0 Å². The van der Waals surface area contributed by atoms with Gasteiger partial charge in [-0.15, -0.1) is 0 Å². The van der Waals surface area contributed by atoms with Crippen LogP contribution in [0.3, 0.4) is 0 Å². The topological polar surface area (TPSA) is 115 Å². The number of rotatable bonds is 16. The minimum Gasteiger partial charge on any atom is -1.00 e. The van der Waals surface area contributed by atoms with E-state index in [2.05, 4.69) is 6.92 Å². The molecular weight excluding hydrogens is 480 g/mol. The summed E-state index contributed by atoms with van der Waals surface area (Å²) in [6, 6.07) is 0. The molecule has 6 nitrogen and oxygen atoms in total. The van der Waals surface area contributed by atoms with Crippen molar-refractivity contribution < 1.29 is 32.0 Å². The third kappa shape index (κ3) is 44.5. The van der Waals surface area contributed by atoms with E-state index in [1.54, 1.807) is 0 Å². The monoisotopic (exact) mass is 522 g/mol. The molecule has 0 aliphatic carbocycles. The molecule has 0 saturated carbocycles. The number of carboxylic acids is 1. The van der Waals surface area contributed by atoms with E-state index in [1.165, 1.54) is 83.5 Å². The van der Waals surface area contributed by atoms with Crippen molar-refractivity contribution in [3.8, 4) is 0 Å². The standard InChI is InChI=1S/C18H36O2.Ba.H3O4P.2H/c1-2-3-4-5-6-7-8-9-10-11-12-13-14-15-16-17-18(19)20;;1-5(2,3)4;;/h2-17H2,1H3,(H,19,20);;(H3,1,2,3,4);;/q;+2;;2*-1. The molecule has 0 bridgehead atoms. The van der Waals surface area contributed by atoms with Gasteiger partial charge >= 0.3 is 62.7 Å². The summed E-state index contributed by atoms with van der Waals surface area (Å²) in [5, 5.41) is 8.52. The van der Waals surface area contributed by atoms with Crippen LogP contribution >= 0.6 is 7.82 Å². The number of carboxylic acid groups (broad SMARTS) is 1. The van der Waals surface area contributed by atoms with Crippen molar-refractivity contribution in [2.45, 2.75) is 110 Å². The molecule has 0 atom stereocenters. The van der Waals surface area contributed by atoms with Crippen molar-refractivity contribution in [2.24, 2.45) is 0 Å². The van der Waals surface area contributed by atoms with E-state index in [0.717, 1.165) is 12.8 Å². The van der Waals surface area contributed by atoms with E-state index < -0.39 is 13.8 Å². The van der Waals surface area contributed by atoms with Crippen LogP contribution in [0.4, 0.5) is 0 Å². The van der Waals surface area contributed by atoms with Crippen LogP contribution in [0.1, 0.15) is 113 Å². The molecule has 26 heavy (non-hydrogen) atoms. The van der Waals surface area contributed by atoms with Gasteiger partial charge in [-0.3, -0.25) is 4.79 Å². The fourth-order valence-electron chi connectivity index (χ4n) is 2.65. The molecule has 156 valence electrons. The van der Waals surface area contributed by atoms with E-state index in [4.69, 9.17) is 24.4 Å². The zero-order chi connectivity index (χ0) is 19.4. The summed E-state index contributed by atoms with van der Waals surface area (Å²) in [5.41, 5.74) is 0. The second-order valence-electron chi connectivity index (χ2n) is 6.61. The van der Waals surface area contributed by atoms with Crippen molar-refractivity contribution in [2.75, 3.05) is 0 Å². The minimum atomic E-state index is -4.64. The van der Waals surface area contributed by atoms with Gasteiger partial charge in [0.1, 0.15) is 0 Å². The van der Waals surface area contributed by atoms with E-state index in [0.29, 0.717) is 6.42 Å². The minimum absolute atomic E-state index is 0. The first-order valence-electron chi connectivity index (χ1n) is 9.77. The molecule has 0 aliphatic rings. The third-order valence-corrected chi connectivity index (χ3v) is 3.99. The van der Waals surface area contributed by atoms with Gasteiger partial charge in [-0.2, -0.15) is 0 Å². The van der Waals surface area contributed by atoms with Crippen LogP contribution in [0, 0.1) is 0 Å². The molecule has 4 N–H and O–H groups in total. The zero-order valence-electron chi connectivity index (χ0n) is 18.6. The molecule has 0 spiro atoms.